The van der Waals surface area contributed by atoms with Gasteiger partial charge in [0.25, 0.3) is 23.3 Å². The van der Waals surface area contributed by atoms with Gasteiger partial charge in [0.1, 0.15) is 36.8 Å². The number of rotatable bonds is 22. The molecule has 0 saturated heterocycles. The number of carbonyl (C=O) groups excluding carboxylic acids is 9. The number of likely N-dealkylation sites (N-methyl/N-ethyl adjacent to an activating group) is 1. The summed E-state index contributed by atoms with van der Waals surface area (Å²) in [5.41, 5.74) is 0.483. The number of aryl methyl sites for hydroxylation is 1. The highest BCUT2D eigenvalue weighted by atomic mass is 19.1. The van der Waals surface area contributed by atoms with E-state index in [1.807, 2.05) is 0 Å². The number of hydrogen-bond acceptors (Lipinski definition) is 16. The van der Waals surface area contributed by atoms with Crippen molar-refractivity contribution in [3.8, 4) is 11.4 Å². The van der Waals surface area contributed by atoms with Gasteiger partial charge in [-0.25, -0.2) is 14.2 Å². The molecule has 0 bridgehead atoms. The lowest BCUT2D eigenvalue weighted by Crippen LogP contribution is -2.56. The summed E-state index contributed by atoms with van der Waals surface area (Å²) >= 11 is 0. The van der Waals surface area contributed by atoms with Crippen LogP contribution in [0, 0.1) is 12.7 Å². The number of nitrogens with one attached hydrogen (secondary N) is 6. The second-order valence-corrected chi connectivity index (χ2v) is 20.5. The Morgan fingerprint density at radius 1 is 0.889 bits per heavy atom. The number of pyridine rings is 2. The number of benzene rings is 2. The van der Waals surface area contributed by atoms with Crippen LogP contribution in [0.3, 0.4) is 0 Å². The minimum atomic E-state index is -2.07. The number of amides is 8. The van der Waals surface area contributed by atoms with Crippen LogP contribution in [0.25, 0.3) is 22.3 Å². The Kier molecular flexibility index (Phi) is 16.3. The van der Waals surface area contributed by atoms with E-state index in [2.05, 4.69) is 31.9 Å². The van der Waals surface area contributed by atoms with Gasteiger partial charge in [-0.2, -0.15) is 0 Å². The zero-order chi connectivity index (χ0) is 58.1. The number of nitrogens with zero attached hydrogens (tertiary/aromatic N) is 4. The molecule has 0 radical (unpaired) electrons. The van der Waals surface area contributed by atoms with E-state index < -0.39 is 133 Å². The largest absolute Gasteiger partial charge is 0.480 e. The number of hydrogen-bond donors (Lipinski definition) is 8. The molecule has 5 heterocycles. The fourth-order valence-corrected chi connectivity index (χ4v) is 11.1. The Hall–Kier alpha value is -8.75. The highest BCUT2D eigenvalue weighted by Crippen LogP contribution is 2.49. The molecule has 2 aromatic heterocycles. The lowest BCUT2D eigenvalue weighted by atomic mass is 9.77. The number of cyclic esters (lactones) is 1. The molecule has 8 N–H and O–H groups in total. The summed E-state index contributed by atoms with van der Waals surface area (Å²) in [6.45, 7) is -0.398. The molecule has 426 valence electrons. The number of esters is 1. The zero-order valence-corrected chi connectivity index (χ0v) is 44.4. The first-order valence-corrected chi connectivity index (χ1v) is 26.3. The molecule has 26 heteroatoms. The van der Waals surface area contributed by atoms with Crippen molar-refractivity contribution in [2.75, 3.05) is 46.5 Å². The van der Waals surface area contributed by atoms with Crippen molar-refractivity contribution < 1.29 is 72.0 Å². The summed E-state index contributed by atoms with van der Waals surface area (Å²) < 4.78 is 28.5. The number of aliphatic carboxylic acids is 1. The van der Waals surface area contributed by atoms with Crippen molar-refractivity contribution >= 4 is 70.1 Å². The summed E-state index contributed by atoms with van der Waals surface area (Å²) in [6, 6.07) is 8.14. The zero-order valence-electron chi connectivity index (χ0n) is 44.4. The molecule has 0 spiro atoms. The maximum absolute atomic E-state index is 15.6. The van der Waals surface area contributed by atoms with Gasteiger partial charge in [0.2, 0.25) is 29.5 Å². The normalized spacial score (nSPS) is 18.8. The molecule has 3 aliphatic heterocycles. The SMILES string of the molecule is CC[C@@]1(O)C(=O)OCc2c1cc1n(c2=O)Cc2c-1nc1cc(F)c(C)c3c1c2[C@@H](N(C)C(=O)C1(OCNC(=O)CNC(=O)[C@H](Cc2ccccc2)NC(=O)CNC(=O)CNC(=O)[C@@H](CNCC(=O)O)N2C(=O)C=CC2=O)CCC1)CC3. The number of carboxylic acids is 1. The third-order valence-electron chi connectivity index (χ3n) is 15.6. The second-order valence-electron chi connectivity index (χ2n) is 20.5. The van der Waals surface area contributed by atoms with Gasteiger partial charge in [-0.1, -0.05) is 37.3 Å². The van der Waals surface area contributed by atoms with Crippen molar-refractivity contribution in [3.63, 3.8) is 0 Å². The number of imide groups is 1. The van der Waals surface area contributed by atoms with Gasteiger partial charge < -0.3 is 61.1 Å². The van der Waals surface area contributed by atoms with Gasteiger partial charge in [-0.05, 0) is 73.8 Å². The molecule has 1 saturated carbocycles. The van der Waals surface area contributed by atoms with Gasteiger partial charge in [0, 0.05) is 54.7 Å². The standard InChI is InChI=1S/C55H59FN10O15/c1-4-55(79)33-18-38-48-31(25-65(38)51(76)32(33)26-80-53(55)78)47-37(12-11-30-28(2)34(56)19-35(63-48)46(30)47)64(3)52(77)54(15-8-16-54)81-27-61-41(68)22-59-49(74)36(17-29-9-6-5-7-10-29)62-42(69)23-58-40(67)21-60-50(75)39(20-57-24-45(72)73)66-43(70)13-14-44(66)71/h5-7,9-10,13-14,18-19,36-37,39,57,79H,4,8,11-12,15-17,20-27H2,1-3H3,(H,58,67)(H,59,74)(H,60,75)(H,61,68)(H,62,69)(H,72,73)/t36-,37-,39+,55-/m0/s1. The Bertz CT molecular complexity index is 3400. The summed E-state index contributed by atoms with van der Waals surface area (Å²) in [5.74, 6) is -8.74. The van der Waals surface area contributed by atoms with Gasteiger partial charge in [-0.3, -0.25) is 52.8 Å². The van der Waals surface area contributed by atoms with E-state index in [9.17, 15) is 57.8 Å². The maximum Gasteiger partial charge on any atom is 0.343 e. The Morgan fingerprint density at radius 2 is 1.57 bits per heavy atom. The molecule has 4 aromatic rings. The fraction of sp³-hybridized carbons (Fsp3) is 0.418. The summed E-state index contributed by atoms with van der Waals surface area (Å²) in [4.78, 5) is 150. The van der Waals surface area contributed by atoms with E-state index in [4.69, 9.17) is 19.6 Å². The van der Waals surface area contributed by atoms with Crippen molar-refractivity contribution in [2.24, 2.45) is 0 Å². The summed E-state index contributed by atoms with van der Waals surface area (Å²) in [7, 11) is 1.65. The molecule has 8 amide bonds. The van der Waals surface area contributed by atoms with E-state index in [0.717, 1.165) is 17.7 Å². The van der Waals surface area contributed by atoms with Crippen molar-refractivity contribution in [3.05, 3.63) is 110 Å². The van der Waals surface area contributed by atoms with Gasteiger partial charge in [-0.15, -0.1) is 0 Å². The molecular weight excluding hydrogens is 1060 g/mol. The van der Waals surface area contributed by atoms with Crippen LogP contribution in [0.15, 0.2) is 59.4 Å². The molecule has 0 unspecified atom stereocenters. The summed E-state index contributed by atoms with van der Waals surface area (Å²) in [6.07, 6.45) is 3.83. The topological polar surface area (TPSA) is 343 Å². The van der Waals surface area contributed by atoms with E-state index in [1.54, 1.807) is 62.2 Å². The van der Waals surface area contributed by atoms with E-state index in [-0.39, 0.29) is 43.0 Å². The Labute approximate surface area is 461 Å². The van der Waals surface area contributed by atoms with Crippen molar-refractivity contribution in [1.29, 1.82) is 0 Å². The van der Waals surface area contributed by atoms with Crippen LogP contribution < -0.4 is 37.5 Å². The van der Waals surface area contributed by atoms with Crippen LogP contribution in [0.2, 0.25) is 0 Å². The van der Waals surface area contributed by atoms with Crippen molar-refractivity contribution in [2.45, 2.75) is 101 Å². The minimum absolute atomic E-state index is 0.0313. The molecule has 81 heavy (non-hydrogen) atoms. The van der Waals surface area contributed by atoms with E-state index in [0.29, 0.717) is 81.5 Å². The number of aromatic nitrogens is 2. The Balaban J connectivity index is 0.818. The maximum atomic E-state index is 15.6. The quantitative estimate of drug-likeness (QED) is 0.0235. The van der Waals surface area contributed by atoms with Crippen LogP contribution in [-0.4, -0.2) is 153 Å². The molecular formula is C55H59FN10O15. The van der Waals surface area contributed by atoms with Gasteiger partial charge >= 0.3 is 11.9 Å². The van der Waals surface area contributed by atoms with Crippen molar-refractivity contribution in [1.82, 2.24) is 51.3 Å². The number of carboxylic acid groups (broad SMARTS) is 1. The molecule has 5 aliphatic rings. The second kappa shape index (κ2) is 23.1. The molecule has 4 atom stereocenters. The molecule has 9 rings (SSSR count). The average molecular weight is 1120 g/mol. The first kappa shape index (κ1) is 57.0. The number of halogens is 1. The Morgan fingerprint density at radius 3 is 2.23 bits per heavy atom. The number of fused-ring (bicyclic) bond motifs is 5. The van der Waals surface area contributed by atoms with E-state index in [1.165, 1.54) is 10.6 Å². The van der Waals surface area contributed by atoms with Crippen LogP contribution in [0.4, 0.5) is 4.39 Å². The third kappa shape index (κ3) is 11.1. The third-order valence-corrected chi connectivity index (χ3v) is 15.6. The van der Waals surface area contributed by atoms with Gasteiger partial charge in [0.05, 0.1) is 61.2 Å². The van der Waals surface area contributed by atoms with Crippen LogP contribution in [-0.2, 0) is 89.0 Å². The van der Waals surface area contributed by atoms with Gasteiger partial charge in [0.15, 0.2) is 5.60 Å². The average Bonchev–Trinajstić information content (AvgIpc) is 3.08. The lowest BCUT2D eigenvalue weighted by Gasteiger charge is -2.45. The first-order chi connectivity index (χ1) is 38.7. The first-order valence-electron chi connectivity index (χ1n) is 26.3. The molecule has 1 fully saturated rings. The summed E-state index contributed by atoms with van der Waals surface area (Å²) in [5, 5.41) is 35.7. The fourth-order valence-electron chi connectivity index (χ4n) is 11.1. The monoisotopic (exact) mass is 1120 g/mol. The smallest absolute Gasteiger partial charge is 0.343 e. The molecule has 2 aliphatic carbocycles. The predicted octanol–water partition coefficient (Wildman–Crippen LogP) is -0.970. The molecule has 2 aromatic carbocycles. The lowest BCUT2D eigenvalue weighted by molar-refractivity contribution is -0.175. The predicted molar refractivity (Wildman–Crippen MR) is 280 cm³/mol. The van der Waals surface area contributed by atoms with Crippen LogP contribution in [0.5, 0.6) is 0 Å². The van der Waals surface area contributed by atoms with Crippen LogP contribution in [0.1, 0.15) is 84.0 Å². The highest BCUT2D eigenvalue weighted by molar-refractivity contribution is 6.15. The number of ether oxygens (including phenoxy) is 2. The highest BCUT2D eigenvalue weighted by Gasteiger charge is 2.50. The number of aliphatic hydroxyl groups is 1. The minimum Gasteiger partial charge on any atom is -0.480 e. The molecule has 25 nitrogen and oxygen atoms in total. The van der Waals surface area contributed by atoms with E-state index >= 15 is 4.39 Å². The number of carbonyl (C=O) groups is 10. The van der Waals surface area contributed by atoms with Crippen LogP contribution >= 0.6 is 0 Å².